The van der Waals surface area contributed by atoms with Crippen molar-refractivity contribution in [2.75, 3.05) is 13.1 Å². The quantitative estimate of drug-likeness (QED) is 0.279. The first kappa shape index (κ1) is 19.5. The summed E-state index contributed by atoms with van der Waals surface area (Å²) in [5.41, 5.74) is 1.12. The Morgan fingerprint density at radius 2 is 1.50 bits per heavy atom. The summed E-state index contributed by atoms with van der Waals surface area (Å²) in [5.74, 6) is 0. The maximum Gasteiger partial charge on any atom is 0.369 e. The SMILES string of the molecule is O=P(O)(O)C(O)(CCCNCCc1ccccc1)P(=O)(O)O. The Bertz CT molecular complexity index is 532. The molecule has 1 aromatic rings. The molecule has 0 spiro atoms. The Morgan fingerprint density at radius 1 is 0.955 bits per heavy atom. The molecule has 8 nitrogen and oxygen atoms in total. The van der Waals surface area contributed by atoms with Gasteiger partial charge in [0.15, 0.2) is 0 Å². The highest BCUT2D eigenvalue weighted by atomic mass is 31.2. The van der Waals surface area contributed by atoms with Crippen LogP contribution in [0.2, 0.25) is 0 Å². The van der Waals surface area contributed by atoms with Crippen LogP contribution in [0.5, 0.6) is 0 Å². The molecule has 0 amide bonds. The van der Waals surface area contributed by atoms with Crippen LogP contribution < -0.4 is 5.32 Å². The molecule has 0 saturated heterocycles. The highest BCUT2D eigenvalue weighted by molar-refractivity contribution is 7.72. The summed E-state index contributed by atoms with van der Waals surface area (Å²) < 4.78 is 22.3. The van der Waals surface area contributed by atoms with E-state index in [4.69, 9.17) is 19.6 Å². The zero-order valence-electron chi connectivity index (χ0n) is 11.9. The van der Waals surface area contributed by atoms with Gasteiger partial charge in [-0.05, 0) is 31.5 Å². The van der Waals surface area contributed by atoms with Gasteiger partial charge < -0.3 is 30.0 Å². The first-order chi connectivity index (χ1) is 10.1. The fraction of sp³-hybridized carbons (Fsp3) is 0.500. The Balaban J connectivity index is 2.39. The molecule has 0 aliphatic heterocycles. The monoisotopic (exact) mass is 353 g/mol. The standard InChI is InChI=1S/C12H21NO7P2/c14-12(21(15,16)17,22(18,19)20)8-4-9-13-10-7-11-5-2-1-3-6-11/h1-3,5-6,13-14H,4,7-10H2,(H2,15,16,17)(H2,18,19,20). The van der Waals surface area contributed by atoms with Gasteiger partial charge in [-0.25, -0.2) is 0 Å². The number of rotatable bonds is 9. The van der Waals surface area contributed by atoms with E-state index in [9.17, 15) is 14.2 Å². The van der Waals surface area contributed by atoms with Crippen molar-refractivity contribution >= 4 is 15.2 Å². The molecule has 0 fully saturated rings. The Labute approximate surface area is 128 Å². The minimum absolute atomic E-state index is 0.0154. The summed E-state index contributed by atoms with van der Waals surface area (Å²) in [4.78, 5) is 35.9. The maximum absolute atomic E-state index is 11.1. The number of hydrogen-bond donors (Lipinski definition) is 6. The highest BCUT2D eigenvalue weighted by Gasteiger charge is 2.58. The molecule has 0 radical (unpaired) electrons. The van der Waals surface area contributed by atoms with Gasteiger partial charge in [0.1, 0.15) is 0 Å². The van der Waals surface area contributed by atoms with Crippen LogP contribution in [0.4, 0.5) is 0 Å². The van der Waals surface area contributed by atoms with Crippen LogP contribution in [0.25, 0.3) is 0 Å². The molecule has 0 atom stereocenters. The van der Waals surface area contributed by atoms with E-state index in [0.29, 0.717) is 6.54 Å². The van der Waals surface area contributed by atoms with Crippen molar-refractivity contribution in [3.05, 3.63) is 35.9 Å². The van der Waals surface area contributed by atoms with Gasteiger partial charge in [0.25, 0.3) is 5.08 Å². The van der Waals surface area contributed by atoms with E-state index in [1.165, 1.54) is 0 Å². The molecular weight excluding hydrogens is 332 g/mol. The second-order valence-electron chi connectivity index (χ2n) is 4.95. The lowest BCUT2D eigenvalue weighted by molar-refractivity contribution is 0.121. The minimum atomic E-state index is -5.35. The van der Waals surface area contributed by atoms with Gasteiger partial charge in [0.05, 0.1) is 0 Å². The molecule has 6 N–H and O–H groups in total. The Kier molecular flexibility index (Phi) is 6.92. The molecule has 0 aliphatic carbocycles. The van der Waals surface area contributed by atoms with E-state index >= 15 is 0 Å². The molecule has 1 rings (SSSR count). The largest absolute Gasteiger partial charge is 0.369 e. The van der Waals surface area contributed by atoms with Gasteiger partial charge in [-0.3, -0.25) is 9.13 Å². The lowest BCUT2D eigenvalue weighted by atomic mass is 10.1. The molecule has 10 heteroatoms. The van der Waals surface area contributed by atoms with E-state index in [1.807, 2.05) is 30.3 Å². The summed E-state index contributed by atoms with van der Waals surface area (Å²) in [6.45, 7) is 0.878. The average molecular weight is 353 g/mol. The predicted octanol–water partition coefficient (Wildman–Crippen LogP) is 0.600. The van der Waals surface area contributed by atoms with Crippen molar-refractivity contribution in [1.82, 2.24) is 5.32 Å². The van der Waals surface area contributed by atoms with Gasteiger partial charge in [0.2, 0.25) is 0 Å². The van der Waals surface area contributed by atoms with Gasteiger partial charge in [-0.2, -0.15) is 0 Å². The van der Waals surface area contributed by atoms with Gasteiger partial charge >= 0.3 is 15.2 Å². The summed E-state index contributed by atoms with van der Waals surface area (Å²) in [5, 5.41) is 9.34. The molecule has 0 heterocycles. The maximum atomic E-state index is 11.1. The van der Waals surface area contributed by atoms with Crippen molar-refractivity contribution in [2.45, 2.75) is 24.3 Å². The third kappa shape index (κ3) is 5.26. The molecule has 22 heavy (non-hydrogen) atoms. The van der Waals surface area contributed by atoms with Crippen LogP contribution in [-0.2, 0) is 15.6 Å². The van der Waals surface area contributed by atoms with Crippen molar-refractivity contribution in [3.63, 3.8) is 0 Å². The van der Waals surface area contributed by atoms with Crippen LogP contribution in [0.3, 0.4) is 0 Å². The molecule has 126 valence electrons. The summed E-state index contributed by atoms with van der Waals surface area (Å²) in [7, 11) is -10.7. The smallest absolute Gasteiger partial charge is 0.368 e. The van der Waals surface area contributed by atoms with Crippen LogP contribution in [0, 0.1) is 0 Å². The lowest BCUT2D eigenvalue weighted by Crippen LogP contribution is -2.30. The second kappa shape index (κ2) is 7.81. The van der Waals surface area contributed by atoms with Crippen LogP contribution in [-0.4, -0.2) is 42.9 Å². The molecular formula is C12H21NO7P2. The Morgan fingerprint density at radius 3 is 2.00 bits per heavy atom. The third-order valence-electron chi connectivity index (χ3n) is 3.23. The zero-order valence-corrected chi connectivity index (χ0v) is 13.7. The highest BCUT2D eigenvalue weighted by Crippen LogP contribution is 2.69. The number of hydrogen-bond acceptors (Lipinski definition) is 4. The molecule has 0 saturated carbocycles. The number of aliphatic hydroxyl groups is 1. The fourth-order valence-electron chi connectivity index (χ4n) is 1.91. The normalized spacial score (nSPS) is 13.3. The molecule has 1 aromatic carbocycles. The van der Waals surface area contributed by atoms with Crippen molar-refractivity contribution in [3.8, 4) is 0 Å². The zero-order chi connectivity index (χ0) is 16.9. The van der Waals surface area contributed by atoms with Crippen LogP contribution in [0.1, 0.15) is 18.4 Å². The number of nitrogens with one attached hydrogen (secondary N) is 1. The summed E-state index contributed by atoms with van der Waals surface area (Å²) in [6, 6.07) is 9.65. The summed E-state index contributed by atoms with van der Waals surface area (Å²) in [6.07, 6.45) is 0.0729. The van der Waals surface area contributed by atoms with Crippen LogP contribution in [0.15, 0.2) is 30.3 Å². The van der Waals surface area contributed by atoms with E-state index < -0.39 is 26.7 Å². The van der Waals surface area contributed by atoms with Gasteiger partial charge in [-0.15, -0.1) is 0 Å². The minimum Gasteiger partial charge on any atom is -0.368 e. The first-order valence-electron chi connectivity index (χ1n) is 6.66. The van der Waals surface area contributed by atoms with E-state index in [0.717, 1.165) is 12.0 Å². The van der Waals surface area contributed by atoms with Gasteiger partial charge in [0, 0.05) is 6.42 Å². The topological polar surface area (TPSA) is 147 Å². The fourth-order valence-corrected chi connectivity index (χ4v) is 4.17. The lowest BCUT2D eigenvalue weighted by Gasteiger charge is -2.29. The van der Waals surface area contributed by atoms with E-state index in [1.54, 1.807) is 0 Å². The summed E-state index contributed by atoms with van der Waals surface area (Å²) >= 11 is 0. The first-order valence-corrected chi connectivity index (χ1v) is 9.89. The van der Waals surface area contributed by atoms with Crippen molar-refractivity contribution < 1.29 is 33.8 Å². The van der Waals surface area contributed by atoms with Gasteiger partial charge in [-0.1, -0.05) is 30.3 Å². The van der Waals surface area contributed by atoms with E-state index in [-0.39, 0.29) is 13.0 Å². The van der Waals surface area contributed by atoms with Crippen molar-refractivity contribution in [1.29, 1.82) is 0 Å². The Hall–Kier alpha value is -0.560. The molecule has 0 aliphatic rings. The van der Waals surface area contributed by atoms with Crippen LogP contribution >= 0.6 is 15.2 Å². The second-order valence-corrected chi connectivity index (χ2v) is 8.96. The average Bonchev–Trinajstić information content (AvgIpc) is 2.41. The van der Waals surface area contributed by atoms with E-state index in [2.05, 4.69) is 5.32 Å². The molecule has 0 unspecified atom stereocenters. The molecule has 0 bridgehead atoms. The molecule has 0 aromatic heterocycles. The van der Waals surface area contributed by atoms with Crippen molar-refractivity contribution in [2.24, 2.45) is 0 Å². The predicted molar refractivity (Wildman–Crippen MR) is 81.3 cm³/mol. The number of benzene rings is 1. The third-order valence-corrected chi connectivity index (χ3v) is 7.11.